The average molecular weight is 325 g/mol. The number of thiophene rings is 2. The second-order valence-corrected chi connectivity index (χ2v) is 6.71. The van der Waals surface area contributed by atoms with Gasteiger partial charge in [0.05, 0.1) is 6.54 Å². The van der Waals surface area contributed by atoms with Crippen LogP contribution in [0.25, 0.3) is 11.6 Å². The smallest absolute Gasteiger partial charge is 0.252 e. The fourth-order valence-corrected chi connectivity index (χ4v) is 3.39. The van der Waals surface area contributed by atoms with Gasteiger partial charge in [0.25, 0.3) is 5.91 Å². The van der Waals surface area contributed by atoms with Crippen LogP contribution in [0, 0.1) is 0 Å². The summed E-state index contributed by atoms with van der Waals surface area (Å²) in [5, 5.41) is 7.03. The Bertz CT molecular complexity index is 744. The summed E-state index contributed by atoms with van der Waals surface area (Å²) < 4.78 is 0. The summed E-state index contributed by atoms with van der Waals surface area (Å²) in [5.74, 6) is -0.0481. The number of rotatable bonds is 5. The van der Waals surface area contributed by atoms with Crippen molar-refractivity contribution < 1.29 is 4.79 Å². The summed E-state index contributed by atoms with van der Waals surface area (Å²) in [5.41, 5.74) is 1.62. The number of carbonyl (C=O) groups excluding carboxylic acids is 1. The second-order valence-electron chi connectivity index (χ2n) is 4.70. The molecule has 1 aromatic carbocycles. The van der Waals surface area contributed by atoms with Gasteiger partial charge in [-0.1, -0.05) is 42.5 Å². The number of amides is 1. The zero-order chi connectivity index (χ0) is 15.2. The third-order valence-electron chi connectivity index (χ3n) is 3.16. The van der Waals surface area contributed by atoms with Crippen LogP contribution >= 0.6 is 22.7 Å². The van der Waals surface area contributed by atoms with Crippen LogP contribution in [0.3, 0.4) is 0 Å². The first-order valence-corrected chi connectivity index (χ1v) is 8.70. The summed E-state index contributed by atoms with van der Waals surface area (Å²) >= 11 is 3.27. The predicted octanol–water partition coefficient (Wildman–Crippen LogP) is 4.67. The number of hydrogen-bond donors (Lipinski definition) is 1. The summed E-state index contributed by atoms with van der Waals surface area (Å²) in [4.78, 5) is 14.8. The normalized spacial score (nSPS) is 11.4. The van der Waals surface area contributed by atoms with E-state index in [-0.39, 0.29) is 5.91 Å². The molecule has 2 aromatic heterocycles. The molecule has 0 aliphatic heterocycles. The molecule has 2 nitrogen and oxygen atoms in total. The van der Waals surface area contributed by atoms with Crippen LogP contribution in [0.5, 0.6) is 0 Å². The molecule has 0 unspecified atom stereocenters. The maximum atomic E-state index is 12.6. The van der Waals surface area contributed by atoms with Crippen LogP contribution in [0.1, 0.15) is 15.3 Å². The minimum atomic E-state index is -0.0481. The van der Waals surface area contributed by atoms with Gasteiger partial charge >= 0.3 is 0 Å². The van der Waals surface area contributed by atoms with Gasteiger partial charge in [0, 0.05) is 15.3 Å². The Kier molecular flexibility index (Phi) is 4.83. The van der Waals surface area contributed by atoms with E-state index in [4.69, 9.17) is 0 Å². The van der Waals surface area contributed by atoms with E-state index in [0.29, 0.717) is 12.1 Å². The lowest BCUT2D eigenvalue weighted by Gasteiger charge is -2.08. The van der Waals surface area contributed by atoms with Gasteiger partial charge in [-0.05, 0) is 34.5 Å². The van der Waals surface area contributed by atoms with Crippen LogP contribution in [0.2, 0.25) is 0 Å². The van der Waals surface area contributed by atoms with Crippen molar-refractivity contribution in [2.45, 2.75) is 6.54 Å². The lowest BCUT2D eigenvalue weighted by molar-refractivity contribution is -0.115. The molecule has 1 amide bonds. The number of nitrogens with one attached hydrogen (secondary N) is 1. The minimum absolute atomic E-state index is 0.0481. The highest BCUT2D eigenvalue weighted by Crippen LogP contribution is 2.21. The van der Waals surface area contributed by atoms with Crippen molar-refractivity contribution >= 4 is 40.2 Å². The molecule has 0 aliphatic carbocycles. The zero-order valence-corrected chi connectivity index (χ0v) is 13.5. The first-order chi connectivity index (χ1) is 10.8. The summed E-state index contributed by atoms with van der Waals surface area (Å²) in [6, 6.07) is 17.8. The number of hydrogen-bond acceptors (Lipinski definition) is 3. The van der Waals surface area contributed by atoms with Crippen molar-refractivity contribution in [3.8, 4) is 0 Å². The molecule has 22 heavy (non-hydrogen) atoms. The van der Waals surface area contributed by atoms with Crippen molar-refractivity contribution in [3.63, 3.8) is 0 Å². The van der Waals surface area contributed by atoms with E-state index in [9.17, 15) is 4.79 Å². The van der Waals surface area contributed by atoms with E-state index in [1.165, 1.54) is 0 Å². The molecule has 110 valence electrons. The van der Waals surface area contributed by atoms with Crippen LogP contribution in [-0.4, -0.2) is 5.91 Å². The monoisotopic (exact) mass is 325 g/mol. The third kappa shape index (κ3) is 3.72. The highest BCUT2D eigenvalue weighted by Gasteiger charge is 2.12. The van der Waals surface area contributed by atoms with Crippen LogP contribution < -0.4 is 5.32 Å². The molecule has 2 heterocycles. The molecule has 0 spiro atoms. The standard InChI is InChI=1S/C18H15NOS2/c20-18(19-13-16-9-5-11-22-16)17(12-15-8-4-10-21-15)14-6-2-1-3-7-14/h1-12H,13H2,(H,19,20)/b17-12-. The van der Waals surface area contributed by atoms with E-state index in [1.54, 1.807) is 22.7 Å². The van der Waals surface area contributed by atoms with Gasteiger partial charge < -0.3 is 5.32 Å². The molecule has 0 saturated heterocycles. The zero-order valence-electron chi connectivity index (χ0n) is 11.9. The molecule has 0 saturated carbocycles. The van der Waals surface area contributed by atoms with E-state index in [2.05, 4.69) is 5.32 Å². The molecule has 1 N–H and O–H groups in total. The van der Waals surface area contributed by atoms with Crippen molar-refractivity contribution in [1.82, 2.24) is 5.32 Å². The van der Waals surface area contributed by atoms with Crippen LogP contribution in [0.15, 0.2) is 65.4 Å². The molecule has 3 rings (SSSR count). The first-order valence-electron chi connectivity index (χ1n) is 6.94. The molecule has 3 aromatic rings. The Labute approximate surface area is 137 Å². The Balaban J connectivity index is 1.83. The van der Waals surface area contributed by atoms with Crippen molar-refractivity contribution in [1.29, 1.82) is 0 Å². The van der Waals surface area contributed by atoms with Gasteiger partial charge in [-0.25, -0.2) is 0 Å². The summed E-state index contributed by atoms with van der Waals surface area (Å²) in [6.45, 7) is 0.561. The average Bonchev–Trinajstić information content (AvgIpc) is 3.24. The van der Waals surface area contributed by atoms with Gasteiger partial charge in [0.2, 0.25) is 0 Å². The highest BCUT2D eigenvalue weighted by molar-refractivity contribution is 7.11. The Morgan fingerprint density at radius 1 is 0.955 bits per heavy atom. The largest absolute Gasteiger partial charge is 0.347 e. The van der Waals surface area contributed by atoms with Gasteiger partial charge in [0.15, 0.2) is 0 Å². The number of benzene rings is 1. The molecule has 0 fully saturated rings. The topological polar surface area (TPSA) is 29.1 Å². The Morgan fingerprint density at radius 3 is 2.41 bits per heavy atom. The maximum Gasteiger partial charge on any atom is 0.252 e. The van der Waals surface area contributed by atoms with Gasteiger partial charge in [-0.15, -0.1) is 22.7 Å². The fraction of sp³-hybridized carbons (Fsp3) is 0.0556. The quantitative estimate of drug-likeness (QED) is 0.679. The van der Waals surface area contributed by atoms with Gasteiger partial charge in [-0.3, -0.25) is 4.79 Å². The maximum absolute atomic E-state index is 12.6. The minimum Gasteiger partial charge on any atom is -0.347 e. The van der Waals surface area contributed by atoms with E-state index in [1.807, 2.05) is 71.4 Å². The fourth-order valence-electron chi connectivity index (χ4n) is 2.09. The van der Waals surface area contributed by atoms with Crippen molar-refractivity contribution in [3.05, 3.63) is 80.7 Å². The molecular formula is C18H15NOS2. The number of carbonyl (C=O) groups is 1. The lowest BCUT2D eigenvalue weighted by atomic mass is 10.0. The van der Waals surface area contributed by atoms with Crippen molar-refractivity contribution in [2.24, 2.45) is 0 Å². The third-order valence-corrected chi connectivity index (χ3v) is 4.86. The molecule has 0 aliphatic rings. The molecule has 0 bridgehead atoms. The van der Waals surface area contributed by atoms with Gasteiger partial charge in [-0.2, -0.15) is 0 Å². The molecule has 0 atom stereocenters. The highest BCUT2D eigenvalue weighted by atomic mass is 32.1. The SMILES string of the molecule is O=C(NCc1cccs1)/C(=C\c1cccs1)c1ccccc1. The van der Waals surface area contributed by atoms with Crippen LogP contribution in [0.4, 0.5) is 0 Å². The predicted molar refractivity (Wildman–Crippen MR) is 94.8 cm³/mol. The summed E-state index contributed by atoms with van der Waals surface area (Å²) in [6.07, 6.45) is 1.95. The Hall–Kier alpha value is -2.17. The van der Waals surface area contributed by atoms with Gasteiger partial charge in [0.1, 0.15) is 0 Å². The van der Waals surface area contributed by atoms with E-state index >= 15 is 0 Å². The lowest BCUT2D eigenvalue weighted by Crippen LogP contribution is -2.23. The Morgan fingerprint density at radius 2 is 1.73 bits per heavy atom. The first kappa shape index (κ1) is 14.8. The summed E-state index contributed by atoms with van der Waals surface area (Å²) in [7, 11) is 0. The molecule has 4 heteroatoms. The molecule has 0 radical (unpaired) electrons. The molecular weight excluding hydrogens is 310 g/mol. The second kappa shape index (κ2) is 7.20. The van der Waals surface area contributed by atoms with E-state index < -0.39 is 0 Å². The van der Waals surface area contributed by atoms with Crippen molar-refractivity contribution in [2.75, 3.05) is 0 Å². The van der Waals surface area contributed by atoms with E-state index in [0.717, 1.165) is 15.3 Å². The van der Waals surface area contributed by atoms with Crippen LogP contribution in [-0.2, 0) is 11.3 Å².